The highest BCUT2D eigenvalue weighted by Gasteiger charge is 2.24. The van der Waals surface area contributed by atoms with E-state index < -0.39 is 0 Å². The maximum absolute atomic E-state index is 6.26. The van der Waals surface area contributed by atoms with Crippen molar-refractivity contribution in [3.8, 4) is 11.1 Å². The van der Waals surface area contributed by atoms with Crippen LogP contribution in [0.3, 0.4) is 0 Å². The molecule has 1 aromatic carbocycles. The van der Waals surface area contributed by atoms with Crippen molar-refractivity contribution in [2.45, 2.75) is 37.8 Å². The number of nitrogens with one attached hydrogen (secondary N) is 1. The molecule has 0 saturated heterocycles. The van der Waals surface area contributed by atoms with Crippen LogP contribution in [0, 0.1) is 0 Å². The van der Waals surface area contributed by atoms with Gasteiger partial charge in [0.15, 0.2) is 0 Å². The molecule has 0 aliphatic heterocycles. The number of aromatic nitrogens is 4. The monoisotopic (exact) mass is 346 g/mol. The second-order valence-corrected chi connectivity index (χ2v) is 7.26. The minimum atomic E-state index is 0.322. The molecule has 3 aromatic heterocycles. The third-order valence-electron chi connectivity index (χ3n) is 5.64. The lowest BCUT2D eigenvalue weighted by atomic mass is 9.92. The fourth-order valence-electron chi connectivity index (χ4n) is 4.21. The first kappa shape index (κ1) is 15.4. The largest absolute Gasteiger partial charge is 0.383 e. The van der Waals surface area contributed by atoms with Crippen LogP contribution in [0.25, 0.3) is 33.1 Å². The van der Waals surface area contributed by atoms with E-state index in [1.165, 1.54) is 5.39 Å². The molecule has 1 aliphatic rings. The number of nitrogen functional groups attached to an aromatic ring is 1. The van der Waals surface area contributed by atoms with E-state index in [2.05, 4.69) is 50.0 Å². The third-order valence-corrected chi connectivity index (χ3v) is 5.64. The smallest absolute Gasteiger partial charge is 0.146 e. The molecule has 6 heteroatoms. The van der Waals surface area contributed by atoms with Gasteiger partial charge in [-0.05, 0) is 54.8 Å². The molecule has 0 radical (unpaired) electrons. The Bertz CT molecular complexity index is 1080. The van der Waals surface area contributed by atoms with Crippen LogP contribution >= 0.6 is 0 Å². The van der Waals surface area contributed by atoms with Gasteiger partial charge in [-0.2, -0.15) is 0 Å². The first-order valence-corrected chi connectivity index (χ1v) is 9.15. The number of hydrogen-bond acceptors (Lipinski definition) is 4. The van der Waals surface area contributed by atoms with E-state index in [-0.39, 0.29) is 0 Å². The van der Waals surface area contributed by atoms with Crippen LogP contribution in [0.5, 0.6) is 0 Å². The topological polar surface area (TPSA) is 98.5 Å². The molecule has 5 rings (SSSR count). The Morgan fingerprint density at radius 2 is 1.92 bits per heavy atom. The van der Waals surface area contributed by atoms with Gasteiger partial charge < -0.3 is 21.0 Å². The van der Waals surface area contributed by atoms with E-state index in [1.54, 1.807) is 6.33 Å². The molecule has 0 amide bonds. The Kier molecular flexibility index (Phi) is 3.46. The molecular weight excluding hydrogens is 324 g/mol. The van der Waals surface area contributed by atoms with Gasteiger partial charge >= 0.3 is 0 Å². The predicted octanol–water partition coefficient (Wildman–Crippen LogP) is 3.60. The molecule has 5 N–H and O–H groups in total. The number of H-pyrrole nitrogens is 1. The van der Waals surface area contributed by atoms with Crippen LogP contribution in [0.2, 0.25) is 0 Å². The van der Waals surface area contributed by atoms with E-state index in [0.29, 0.717) is 17.9 Å². The van der Waals surface area contributed by atoms with Crippen molar-refractivity contribution in [1.29, 1.82) is 0 Å². The maximum Gasteiger partial charge on any atom is 0.146 e. The summed E-state index contributed by atoms with van der Waals surface area (Å²) in [6.45, 7) is 0. The molecule has 0 spiro atoms. The van der Waals surface area contributed by atoms with E-state index in [0.717, 1.165) is 53.4 Å². The van der Waals surface area contributed by atoms with Crippen molar-refractivity contribution in [3.05, 3.63) is 43.0 Å². The zero-order valence-corrected chi connectivity index (χ0v) is 14.5. The van der Waals surface area contributed by atoms with E-state index in [4.69, 9.17) is 11.5 Å². The number of fused-ring (bicyclic) bond motifs is 2. The molecule has 132 valence electrons. The summed E-state index contributed by atoms with van der Waals surface area (Å²) in [6, 6.07) is 9.24. The highest BCUT2D eigenvalue weighted by atomic mass is 15.1. The van der Waals surface area contributed by atoms with Crippen molar-refractivity contribution in [1.82, 2.24) is 19.5 Å². The number of anilines is 1. The highest BCUT2D eigenvalue weighted by Crippen LogP contribution is 2.38. The Balaban J connectivity index is 1.69. The van der Waals surface area contributed by atoms with Crippen molar-refractivity contribution < 1.29 is 0 Å². The Morgan fingerprint density at radius 3 is 2.77 bits per heavy atom. The minimum Gasteiger partial charge on any atom is -0.383 e. The quantitative estimate of drug-likeness (QED) is 0.516. The molecule has 3 heterocycles. The molecule has 1 aliphatic carbocycles. The van der Waals surface area contributed by atoms with E-state index >= 15 is 0 Å². The van der Waals surface area contributed by atoms with Gasteiger partial charge in [0.2, 0.25) is 0 Å². The van der Waals surface area contributed by atoms with Gasteiger partial charge in [0.1, 0.15) is 17.8 Å². The third kappa shape index (κ3) is 2.37. The fraction of sp³-hybridized carbons (Fsp3) is 0.300. The van der Waals surface area contributed by atoms with Gasteiger partial charge in [0.25, 0.3) is 0 Å². The van der Waals surface area contributed by atoms with Gasteiger partial charge in [-0.25, -0.2) is 9.97 Å². The lowest BCUT2D eigenvalue weighted by molar-refractivity contribution is 0.329. The van der Waals surface area contributed by atoms with Crippen molar-refractivity contribution in [2.24, 2.45) is 5.73 Å². The zero-order chi connectivity index (χ0) is 17.7. The van der Waals surface area contributed by atoms with Gasteiger partial charge in [0, 0.05) is 35.6 Å². The highest BCUT2D eigenvalue weighted by molar-refractivity contribution is 6.02. The standard InChI is InChI=1S/C20H22N6/c21-14-2-4-15(5-3-14)26-10-16(18-19(22)24-11-25-20(18)26)12-1-6-17-13(9-12)7-8-23-17/h1,6-11,14-15,23H,2-5,21H2,(H2,22,24,25). The molecule has 6 nitrogen and oxygen atoms in total. The number of aromatic amines is 1. The second kappa shape index (κ2) is 5.85. The normalized spacial score (nSPS) is 20.8. The summed E-state index contributed by atoms with van der Waals surface area (Å²) in [7, 11) is 0. The summed E-state index contributed by atoms with van der Waals surface area (Å²) >= 11 is 0. The van der Waals surface area contributed by atoms with Gasteiger partial charge in [-0.15, -0.1) is 0 Å². The van der Waals surface area contributed by atoms with Crippen LogP contribution in [0.4, 0.5) is 5.82 Å². The van der Waals surface area contributed by atoms with Crippen LogP contribution in [0.15, 0.2) is 43.0 Å². The zero-order valence-electron chi connectivity index (χ0n) is 14.5. The fourth-order valence-corrected chi connectivity index (χ4v) is 4.21. The summed E-state index contributed by atoms with van der Waals surface area (Å²) in [6.07, 6.45) is 9.97. The molecule has 0 bridgehead atoms. The van der Waals surface area contributed by atoms with E-state index in [9.17, 15) is 0 Å². The molecule has 0 atom stereocenters. The predicted molar refractivity (Wildman–Crippen MR) is 105 cm³/mol. The average Bonchev–Trinajstić information content (AvgIpc) is 3.27. The Morgan fingerprint density at radius 1 is 1.08 bits per heavy atom. The average molecular weight is 346 g/mol. The molecular formula is C20H22N6. The summed E-state index contributed by atoms with van der Waals surface area (Å²) in [4.78, 5) is 12.1. The van der Waals surface area contributed by atoms with Gasteiger partial charge in [-0.1, -0.05) is 6.07 Å². The summed E-state index contributed by atoms with van der Waals surface area (Å²) < 4.78 is 2.29. The minimum absolute atomic E-state index is 0.322. The van der Waals surface area contributed by atoms with Gasteiger partial charge in [0.05, 0.1) is 5.39 Å². The number of benzene rings is 1. The van der Waals surface area contributed by atoms with Crippen LogP contribution in [-0.2, 0) is 0 Å². The van der Waals surface area contributed by atoms with Gasteiger partial charge in [-0.3, -0.25) is 0 Å². The number of rotatable bonds is 2. The Labute approximate surface area is 151 Å². The summed E-state index contributed by atoms with van der Waals surface area (Å²) in [5.41, 5.74) is 16.6. The van der Waals surface area contributed by atoms with Crippen molar-refractivity contribution >= 4 is 27.8 Å². The van der Waals surface area contributed by atoms with Crippen molar-refractivity contribution in [2.75, 3.05) is 5.73 Å². The van der Waals surface area contributed by atoms with Crippen molar-refractivity contribution in [3.63, 3.8) is 0 Å². The molecule has 1 saturated carbocycles. The SMILES string of the molecule is Nc1ncnc2c1c(-c1ccc3[nH]ccc3c1)cn2C1CCC(N)CC1. The first-order chi connectivity index (χ1) is 12.7. The lowest BCUT2D eigenvalue weighted by Gasteiger charge is -2.27. The summed E-state index contributed by atoms with van der Waals surface area (Å²) in [5.74, 6) is 0.533. The second-order valence-electron chi connectivity index (χ2n) is 7.26. The van der Waals surface area contributed by atoms with Crippen LogP contribution < -0.4 is 11.5 Å². The number of hydrogen-bond donors (Lipinski definition) is 3. The number of nitrogens with zero attached hydrogens (tertiary/aromatic N) is 3. The van der Waals surface area contributed by atoms with E-state index in [1.807, 2.05) is 6.20 Å². The summed E-state index contributed by atoms with van der Waals surface area (Å²) in [5, 5.41) is 2.12. The molecule has 26 heavy (non-hydrogen) atoms. The molecule has 0 unspecified atom stereocenters. The Hall–Kier alpha value is -2.86. The first-order valence-electron chi connectivity index (χ1n) is 9.15. The van der Waals surface area contributed by atoms with Crippen LogP contribution in [-0.4, -0.2) is 25.6 Å². The maximum atomic E-state index is 6.26. The van der Waals surface area contributed by atoms with Crippen LogP contribution in [0.1, 0.15) is 31.7 Å². The number of nitrogens with two attached hydrogens (primary N) is 2. The lowest BCUT2D eigenvalue weighted by Crippen LogP contribution is -2.27. The molecule has 1 fully saturated rings. The molecule has 4 aromatic rings.